The summed E-state index contributed by atoms with van der Waals surface area (Å²) in [5, 5.41) is 19.0. The van der Waals surface area contributed by atoms with E-state index >= 15 is 0 Å². The molecule has 0 aliphatic carbocycles. The van der Waals surface area contributed by atoms with Gasteiger partial charge in [0.05, 0.1) is 16.6 Å². The van der Waals surface area contributed by atoms with Crippen molar-refractivity contribution in [3.05, 3.63) is 29.8 Å². The highest BCUT2D eigenvalue weighted by atomic mass is 32.2. The average molecular weight is 311 g/mol. The number of aromatic carboxylic acids is 1. The summed E-state index contributed by atoms with van der Waals surface area (Å²) in [5.74, 6) is -1.25. The van der Waals surface area contributed by atoms with Crippen LogP contribution in [0.4, 0.5) is 0 Å². The number of fused-ring (bicyclic) bond motifs is 2. The third-order valence-electron chi connectivity index (χ3n) is 4.31. The predicted octanol–water partition coefficient (Wildman–Crippen LogP) is 1.06. The van der Waals surface area contributed by atoms with Gasteiger partial charge >= 0.3 is 5.97 Å². The Morgan fingerprint density at radius 3 is 2.29 bits per heavy atom. The van der Waals surface area contributed by atoms with Crippen molar-refractivity contribution in [3.63, 3.8) is 0 Å². The van der Waals surface area contributed by atoms with Crippen LogP contribution in [0.1, 0.15) is 36.0 Å². The van der Waals surface area contributed by atoms with E-state index < -0.39 is 22.1 Å². The Hall–Kier alpha value is -1.44. The number of hydrogen-bond acceptors (Lipinski definition) is 4. The Morgan fingerprint density at radius 1 is 1.14 bits per heavy atom. The molecule has 2 atom stereocenters. The number of carboxylic acid groups (broad SMARTS) is 1. The quantitative estimate of drug-likeness (QED) is 0.870. The molecule has 2 bridgehead atoms. The number of hydrogen-bond donors (Lipinski definition) is 2. The Balaban J connectivity index is 2.05. The molecule has 6 nitrogen and oxygen atoms in total. The van der Waals surface area contributed by atoms with E-state index in [4.69, 9.17) is 0 Å². The van der Waals surface area contributed by atoms with Crippen molar-refractivity contribution in [2.75, 3.05) is 0 Å². The number of piperidine rings is 1. The van der Waals surface area contributed by atoms with Gasteiger partial charge in [0.1, 0.15) is 0 Å². The van der Waals surface area contributed by atoms with E-state index in [9.17, 15) is 23.4 Å². The SMILES string of the molecule is O=C(O)c1ccccc1S(=O)(=O)N1C2CCC1CC(O)C2. The minimum atomic E-state index is -3.86. The zero-order valence-corrected chi connectivity index (χ0v) is 12.2. The molecule has 2 N–H and O–H groups in total. The van der Waals surface area contributed by atoms with Gasteiger partial charge < -0.3 is 10.2 Å². The van der Waals surface area contributed by atoms with Gasteiger partial charge in [-0.3, -0.25) is 0 Å². The largest absolute Gasteiger partial charge is 0.478 e. The molecule has 2 heterocycles. The molecule has 0 aromatic heterocycles. The van der Waals surface area contributed by atoms with E-state index in [-0.39, 0.29) is 22.5 Å². The molecule has 2 aliphatic rings. The summed E-state index contributed by atoms with van der Waals surface area (Å²) in [6.07, 6.45) is 1.81. The highest BCUT2D eigenvalue weighted by Gasteiger charge is 2.47. The maximum absolute atomic E-state index is 12.9. The van der Waals surface area contributed by atoms with E-state index in [1.807, 2.05) is 0 Å². The van der Waals surface area contributed by atoms with Crippen molar-refractivity contribution in [2.24, 2.45) is 0 Å². The number of benzene rings is 1. The molecule has 2 aliphatic heterocycles. The lowest BCUT2D eigenvalue weighted by molar-refractivity contribution is 0.0686. The fourth-order valence-electron chi connectivity index (χ4n) is 3.48. The van der Waals surface area contributed by atoms with Crippen LogP contribution < -0.4 is 0 Å². The Kier molecular flexibility index (Phi) is 3.51. The van der Waals surface area contributed by atoms with Crippen molar-refractivity contribution in [1.82, 2.24) is 4.31 Å². The number of aliphatic hydroxyl groups excluding tert-OH is 1. The molecular weight excluding hydrogens is 294 g/mol. The van der Waals surface area contributed by atoms with Crippen LogP contribution in [0.25, 0.3) is 0 Å². The molecule has 0 spiro atoms. The van der Waals surface area contributed by atoms with Crippen LogP contribution in [0.3, 0.4) is 0 Å². The summed E-state index contributed by atoms with van der Waals surface area (Å²) >= 11 is 0. The third-order valence-corrected chi connectivity index (χ3v) is 6.38. The Morgan fingerprint density at radius 2 is 1.71 bits per heavy atom. The molecule has 21 heavy (non-hydrogen) atoms. The number of sulfonamides is 1. The van der Waals surface area contributed by atoms with Gasteiger partial charge in [-0.25, -0.2) is 13.2 Å². The third kappa shape index (κ3) is 2.35. The molecule has 114 valence electrons. The topological polar surface area (TPSA) is 94.9 Å². The van der Waals surface area contributed by atoms with Gasteiger partial charge in [-0.2, -0.15) is 4.31 Å². The highest BCUT2D eigenvalue weighted by molar-refractivity contribution is 7.89. The maximum Gasteiger partial charge on any atom is 0.337 e. The van der Waals surface area contributed by atoms with Crippen LogP contribution in [0.5, 0.6) is 0 Å². The van der Waals surface area contributed by atoms with Crippen LogP contribution >= 0.6 is 0 Å². The second kappa shape index (κ2) is 5.08. The number of rotatable bonds is 3. The number of carbonyl (C=O) groups is 1. The van der Waals surface area contributed by atoms with Gasteiger partial charge in [0, 0.05) is 12.1 Å². The zero-order valence-electron chi connectivity index (χ0n) is 11.3. The van der Waals surface area contributed by atoms with E-state index in [1.54, 1.807) is 0 Å². The minimum absolute atomic E-state index is 0.161. The van der Waals surface area contributed by atoms with Gasteiger partial charge in [-0.15, -0.1) is 0 Å². The highest BCUT2D eigenvalue weighted by Crippen LogP contribution is 2.40. The first kappa shape index (κ1) is 14.5. The summed E-state index contributed by atoms with van der Waals surface area (Å²) < 4.78 is 27.1. The number of aliphatic hydroxyl groups is 1. The first-order valence-electron chi connectivity index (χ1n) is 6.95. The lowest BCUT2D eigenvalue weighted by Crippen LogP contribution is -2.48. The van der Waals surface area contributed by atoms with Crippen LogP contribution in [-0.4, -0.2) is 47.1 Å². The van der Waals surface area contributed by atoms with Gasteiger partial charge in [-0.1, -0.05) is 12.1 Å². The molecule has 2 saturated heterocycles. The lowest BCUT2D eigenvalue weighted by atomic mass is 10.0. The van der Waals surface area contributed by atoms with Crippen molar-refractivity contribution in [2.45, 2.75) is 48.8 Å². The summed E-state index contributed by atoms with van der Waals surface area (Å²) in [6.45, 7) is 0. The second-order valence-corrected chi connectivity index (χ2v) is 7.46. The van der Waals surface area contributed by atoms with Crippen molar-refractivity contribution in [1.29, 1.82) is 0 Å². The van der Waals surface area contributed by atoms with Crippen LogP contribution in [-0.2, 0) is 10.0 Å². The number of nitrogens with zero attached hydrogens (tertiary/aromatic N) is 1. The Bertz CT molecular complexity index is 658. The lowest BCUT2D eigenvalue weighted by Gasteiger charge is -2.36. The first-order valence-corrected chi connectivity index (χ1v) is 8.39. The normalized spacial score (nSPS) is 29.5. The monoisotopic (exact) mass is 311 g/mol. The summed E-state index contributed by atoms with van der Waals surface area (Å²) in [6, 6.07) is 5.21. The van der Waals surface area contributed by atoms with Crippen molar-refractivity contribution in [3.8, 4) is 0 Å². The summed E-state index contributed by atoms with van der Waals surface area (Å²) in [4.78, 5) is 11.1. The molecule has 0 radical (unpaired) electrons. The van der Waals surface area contributed by atoms with E-state index in [2.05, 4.69) is 0 Å². The maximum atomic E-state index is 12.9. The number of carboxylic acids is 1. The molecule has 7 heteroatoms. The average Bonchev–Trinajstić information content (AvgIpc) is 2.72. The molecule has 2 unspecified atom stereocenters. The fraction of sp³-hybridized carbons (Fsp3) is 0.500. The smallest absolute Gasteiger partial charge is 0.337 e. The van der Waals surface area contributed by atoms with Gasteiger partial charge in [0.2, 0.25) is 10.0 Å². The molecule has 1 aromatic carbocycles. The molecular formula is C14H17NO5S. The molecule has 2 fully saturated rings. The van der Waals surface area contributed by atoms with Gasteiger partial charge in [0.25, 0.3) is 0 Å². The van der Waals surface area contributed by atoms with Crippen molar-refractivity contribution >= 4 is 16.0 Å². The molecule has 0 amide bonds. The van der Waals surface area contributed by atoms with E-state index in [0.717, 1.165) is 12.8 Å². The van der Waals surface area contributed by atoms with Crippen LogP contribution in [0.2, 0.25) is 0 Å². The summed E-state index contributed by atoms with van der Waals surface area (Å²) in [7, 11) is -3.86. The minimum Gasteiger partial charge on any atom is -0.478 e. The van der Waals surface area contributed by atoms with E-state index in [0.29, 0.717) is 12.8 Å². The second-order valence-electron chi connectivity index (χ2n) is 5.65. The predicted molar refractivity (Wildman–Crippen MR) is 74.5 cm³/mol. The first-order chi connectivity index (χ1) is 9.91. The van der Waals surface area contributed by atoms with Crippen LogP contribution in [0, 0.1) is 0 Å². The fourth-order valence-corrected chi connectivity index (χ4v) is 5.56. The zero-order chi connectivity index (χ0) is 15.2. The van der Waals surface area contributed by atoms with Crippen LogP contribution in [0.15, 0.2) is 29.2 Å². The Labute approximate surface area is 123 Å². The van der Waals surface area contributed by atoms with Gasteiger partial charge in [-0.05, 0) is 37.8 Å². The molecule has 3 rings (SSSR count). The molecule has 0 saturated carbocycles. The van der Waals surface area contributed by atoms with Gasteiger partial charge in [0.15, 0.2) is 0 Å². The van der Waals surface area contributed by atoms with Crippen molar-refractivity contribution < 1.29 is 23.4 Å². The van der Waals surface area contributed by atoms with E-state index in [1.165, 1.54) is 28.6 Å². The molecule has 1 aromatic rings. The summed E-state index contributed by atoms with van der Waals surface area (Å²) in [5.41, 5.74) is -0.206. The standard InChI is InChI=1S/C14H17NO5S/c16-11-7-9-5-6-10(8-11)15(9)21(19,20)13-4-2-1-3-12(13)14(17)18/h1-4,9-11,16H,5-8H2,(H,17,18).